The molecular weight excluding hydrogens is 405 g/mol. The number of nitrogens with zero attached hydrogens (tertiary/aromatic N) is 6. The SMILES string of the molecule is Cc1cc(NC(=O)c2nnn(-c3cccc([N+](=O)[O-])c3)c2C)n(-c2ccc(F)cc2)n1. The standard InChI is InChI=1S/C20H16FN7O3/c1-12-10-18(27(24-12)15-8-6-14(21)7-9-15)22-20(29)19-13(2)26(25-23-19)16-4-3-5-17(11-16)28(30)31/h3-11H,1-2H3,(H,22,29). The lowest BCUT2D eigenvalue weighted by Crippen LogP contribution is -2.17. The molecule has 11 heteroatoms. The summed E-state index contributed by atoms with van der Waals surface area (Å²) < 4.78 is 16.1. The lowest BCUT2D eigenvalue weighted by Gasteiger charge is -2.08. The molecule has 1 amide bonds. The molecule has 0 aliphatic carbocycles. The molecular formula is C20H16FN7O3. The molecule has 0 unspecified atom stereocenters. The Morgan fingerprint density at radius 2 is 1.81 bits per heavy atom. The number of benzene rings is 2. The van der Waals surface area contributed by atoms with Crippen LogP contribution < -0.4 is 5.32 Å². The second kappa shape index (κ2) is 7.78. The van der Waals surface area contributed by atoms with Gasteiger partial charge in [0.2, 0.25) is 0 Å². The molecule has 0 saturated carbocycles. The van der Waals surface area contributed by atoms with Crippen molar-refractivity contribution >= 4 is 17.4 Å². The molecule has 0 aliphatic rings. The Morgan fingerprint density at radius 1 is 1.06 bits per heavy atom. The van der Waals surface area contributed by atoms with Crippen LogP contribution in [0.2, 0.25) is 0 Å². The van der Waals surface area contributed by atoms with Gasteiger partial charge < -0.3 is 5.32 Å². The van der Waals surface area contributed by atoms with Gasteiger partial charge in [-0.15, -0.1) is 5.10 Å². The Balaban J connectivity index is 1.63. The van der Waals surface area contributed by atoms with Gasteiger partial charge in [-0.2, -0.15) is 5.10 Å². The highest BCUT2D eigenvalue weighted by atomic mass is 19.1. The van der Waals surface area contributed by atoms with Crippen LogP contribution in [0.25, 0.3) is 11.4 Å². The van der Waals surface area contributed by atoms with Crippen LogP contribution in [0.3, 0.4) is 0 Å². The normalized spacial score (nSPS) is 10.8. The summed E-state index contributed by atoms with van der Waals surface area (Å²) in [5.41, 5.74) is 1.99. The van der Waals surface area contributed by atoms with Gasteiger partial charge in [-0.05, 0) is 44.2 Å². The first kappa shape index (κ1) is 19.9. The fourth-order valence-electron chi connectivity index (χ4n) is 3.07. The third-order valence-electron chi connectivity index (χ3n) is 4.54. The molecule has 4 aromatic rings. The Bertz CT molecular complexity index is 1290. The van der Waals surface area contributed by atoms with E-state index in [-0.39, 0.29) is 17.2 Å². The molecule has 10 nitrogen and oxygen atoms in total. The third kappa shape index (κ3) is 3.88. The summed E-state index contributed by atoms with van der Waals surface area (Å²) in [7, 11) is 0. The monoisotopic (exact) mass is 421 g/mol. The molecule has 156 valence electrons. The topological polar surface area (TPSA) is 121 Å². The van der Waals surface area contributed by atoms with E-state index in [1.54, 1.807) is 38.1 Å². The van der Waals surface area contributed by atoms with Crippen LogP contribution in [0.4, 0.5) is 15.9 Å². The van der Waals surface area contributed by atoms with E-state index in [0.29, 0.717) is 28.6 Å². The summed E-state index contributed by atoms with van der Waals surface area (Å²) in [6, 6.07) is 13.2. The van der Waals surface area contributed by atoms with Crippen molar-refractivity contribution < 1.29 is 14.1 Å². The summed E-state index contributed by atoms with van der Waals surface area (Å²) in [6.07, 6.45) is 0. The van der Waals surface area contributed by atoms with Gasteiger partial charge in [0.1, 0.15) is 11.6 Å². The van der Waals surface area contributed by atoms with Crippen LogP contribution in [0.5, 0.6) is 0 Å². The first-order valence-corrected chi connectivity index (χ1v) is 9.14. The average Bonchev–Trinajstić information content (AvgIpc) is 3.31. The lowest BCUT2D eigenvalue weighted by molar-refractivity contribution is -0.384. The predicted molar refractivity (Wildman–Crippen MR) is 109 cm³/mol. The average molecular weight is 421 g/mol. The number of anilines is 1. The van der Waals surface area contributed by atoms with Crippen molar-refractivity contribution in [2.24, 2.45) is 0 Å². The zero-order valence-corrected chi connectivity index (χ0v) is 16.5. The minimum Gasteiger partial charge on any atom is -0.305 e. The maximum absolute atomic E-state index is 13.2. The molecule has 0 spiro atoms. The van der Waals surface area contributed by atoms with Gasteiger partial charge in [0, 0.05) is 18.2 Å². The second-order valence-corrected chi connectivity index (χ2v) is 6.73. The number of nitrogens with one attached hydrogen (secondary N) is 1. The van der Waals surface area contributed by atoms with Crippen molar-refractivity contribution in [2.45, 2.75) is 13.8 Å². The Labute approximate surface area is 175 Å². The van der Waals surface area contributed by atoms with Gasteiger partial charge in [-0.1, -0.05) is 11.3 Å². The largest absolute Gasteiger partial charge is 0.305 e. The molecule has 2 aromatic heterocycles. The maximum atomic E-state index is 13.2. The molecule has 1 N–H and O–H groups in total. The van der Waals surface area contributed by atoms with Crippen molar-refractivity contribution in [3.63, 3.8) is 0 Å². The number of halogens is 1. The molecule has 0 bridgehead atoms. The Hall–Kier alpha value is -4.41. The summed E-state index contributed by atoms with van der Waals surface area (Å²) in [4.78, 5) is 23.4. The minimum atomic E-state index is -0.530. The third-order valence-corrected chi connectivity index (χ3v) is 4.54. The highest BCUT2D eigenvalue weighted by molar-refractivity contribution is 6.03. The highest BCUT2D eigenvalue weighted by Gasteiger charge is 2.20. The molecule has 4 rings (SSSR count). The number of amides is 1. The number of aromatic nitrogens is 5. The minimum absolute atomic E-state index is 0.0519. The van der Waals surface area contributed by atoms with Gasteiger partial charge in [0.05, 0.1) is 27.7 Å². The lowest BCUT2D eigenvalue weighted by atomic mass is 10.2. The zero-order chi connectivity index (χ0) is 22.1. The molecule has 2 heterocycles. The summed E-state index contributed by atoms with van der Waals surface area (Å²) in [5.74, 6) is -0.539. The van der Waals surface area contributed by atoms with Crippen LogP contribution in [0.1, 0.15) is 21.9 Å². The number of aryl methyl sites for hydroxylation is 1. The van der Waals surface area contributed by atoms with Crippen LogP contribution in [0.15, 0.2) is 54.6 Å². The van der Waals surface area contributed by atoms with Gasteiger partial charge in [0.15, 0.2) is 5.69 Å². The number of hydrogen-bond donors (Lipinski definition) is 1. The first-order chi connectivity index (χ1) is 14.8. The van der Waals surface area contributed by atoms with E-state index >= 15 is 0 Å². The Morgan fingerprint density at radius 3 is 2.52 bits per heavy atom. The predicted octanol–water partition coefficient (Wildman–Crippen LogP) is 3.37. The van der Waals surface area contributed by atoms with Crippen LogP contribution in [0, 0.1) is 29.8 Å². The smallest absolute Gasteiger partial charge is 0.279 e. The number of nitro benzene ring substituents is 1. The van der Waals surface area contributed by atoms with Crippen LogP contribution in [-0.2, 0) is 0 Å². The van der Waals surface area contributed by atoms with E-state index < -0.39 is 10.8 Å². The number of carbonyl (C=O) groups excluding carboxylic acids is 1. The van der Waals surface area contributed by atoms with Crippen molar-refractivity contribution in [2.75, 3.05) is 5.32 Å². The number of carbonyl (C=O) groups is 1. The summed E-state index contributed by atoms with van der Waals surface area (Å²) >= 11 is 0. The van der Waals surface area contributed by atoms with Crippen molar-refractivity contribution in [3.8, 4) is 11.4 Å². The van der Waals surface area contributed by atoms with E-state index in [1.807, 2.05) is 0 Å². The molecule has 31 heavy (non-hydrogen) atoms. The van der Waals surface area contributed by atoms with Gasteiger partial charge in [-0.25, -0.2) is 13.8 Å². The number of non-ortho nitro benzene ring substituents is 1. The van der Waals surface area contributed by atoms with Crippen molar-refractivity contribution in [1.29, 1.82) is 0 Å². The zero-order valence-electron chi connectivity index (χ0n) is 16.5. The van der Waals surface area contributed by atoms with Crippen molar-refractivity contribution in [3.05, 3.63) is 87.6 Å². The number of nitro groups is 1. The quantitative estimate of drug-likeness (QED) is 0.390. The van der Waals surface area contributed by atoms with Gasteiger partial charge in [-0.3, -0.25) is 14.9 Å². The second-order valence-electron chi connectivity index (χ2n) is 6.73. The van der Waals surface area contributed by atoms with E-state index in [1.165, 1.54) is 39.7 Å². The Kier molecular flexibility index (Phi) is 4.99. The molecule has 0 radical (unpaired) electrons. The highest BCUT2D eigenvalue weighted by Crippen LogP contribution is 2.21. The van der Waals surface area contributed by atoms with E-state index in [2.05, 4.69) is 20.7 Å². The molecule has 0 fully saturated rings. The van der Waals surface area contributed by atoms with E-state index in [9.17, 15) is 19.3 Å². The van der Waals surface area contributed by atoms with Crippen LogP contribution >= 0.6 is 0 Å². The maximum Gasteiger partial charge on any atom is 0.279 e. The molecule has 0 atom stereocenters. The van der Waals surface area contributed by atoms with Gasteiger partial charge >= 0.3 is 0 Å². The summed E-state index contributed by atoms with van der Waals surface area (Å²) in [6.45, 7) is 3.40. The number of hydrogen-bond acceptors (Lipinski definition) is 6. The molecule has 0 aliphatic heterocycles. The first-order valence-electron chi connectivity index (χ1n) is 9.14. The van der Waals surface area contributed by atoms with E-state index in [4.69, 9.17) is 0 Å². The number of rotatable bonds is 5. The van der Waals surface area contributed by atoms with Crippen molar-refractivity contribution in [1.82, 2.24) is 24.8 Å². The molecule has 0 saturated heterocycles. The molecule has 2 aromatic carbocycles. The van der Waals surface area contributed by atoms with Gasteiger partial charge in [0.25, 0.3) is 11.6 Å². The summed E-state index contributed by atoms with van der Waals surface area (Å²) in [5, 5.41) is 26.0. The fourth-order valence-corrected chi connectivity index (χ4v) is 3.07. The van der Waals surface area contributed by atoms with E-state index in [0.717, 1.165) is 0 Å². The fraction of sp³-hybridized carbons (Fsp3) is 0.100. The van der Waals surface area contributed by atoms with Crippen LogP contribution in [-0.4, -0.2) is 35.6 Å².